The smallest absolute Gasteiger partial charge is 0.256 e. The van der Waals surface area contributed by atoms with E-state index >= 15 is 0 Å². The Morgan fingerprint density at radius 3 is 2.92 bits per heavy atom. The van der Waals surface area contributed by atoms with Crippen LogP contribution in [0.3, 0.4) is 0 Å². The summed E-state index contributed by atoms with van der Waals surface area (Å²) in [5.41, 5.74) is -0.437. The highest BCUT2D eigenvalue weighted by molar-refractivity contribution is 6.04. The zero-order chi connectivity index (χ0) is 24.8. The summed E-state index contributed by atoms with van der Waals surface area (Å²) in [7, 11) is 1.46. The molecule has 1 amide bonds. The summed E-state index contributed by atoms with van der Waals surface area (Å²) in [5.74, 6) is 0.639. The molecule has 188 valence electrons. The first kappa shape index (κ1) is 21.9. The highest BCUT2D eigenvalue weighted by Crippen LogP contribution is 2.66. The molecule has 2 bridgehead atoms. The van der Waals surface area contributed by atoms with Gasteiger partial charge in [0.1, 0.15) is 17.9 Å². The van der Waals surface area contributed by atoms with Crippen molar-refractivity contribution in [1.29, 1.82) is 0 Å². The van der Waals surface area contributed by atoms with Crippen molar-refractivity contribution in [2.75, 3.05) is 25.5 Å². The van der Waals surface area contributed by atoms with Gasteiger partial charge in [-0.1, -0.05) is 6.07 Å². The number of ether oxygens (including phenoxy) is 2. The number of carbonyl (C=O) groups is 1. The first-order valence-corrected chi connectivity index (χ1v) is 12.4. The van der Waals surface area contributed by atoms with Crippen LogP contribution in [0.2, 0.25) is 0 Å². The van der Waals surface area contributed by atoms with Crippen molar-refractivity contribution < 1.29 is 29.6 Å². The van der Waals surface area contributed by atoms with Gasteiger partial charge in [0.25, 0.3) is 5.91 Å². The van der Waals surface area contributed by atoms with Crippen LogP contribution in [0.1, 0.15) is 36.8 Å². The van der Waals surface area contributed by atoms with E-state index in [2.05, 4.69) is 20.2 Å². The predicted molar refractivity (Wildman–Crippen MR) is 127 cm³/mol. The van der Waals surface area contributed by atoms with E-state index in [1.165, 1.54) is 32.3 Å². The summed E-state index contributed by atoms with van der Waals surface area (Å²) in [4.78, 5) is 23.8. The molecule has 7 rings (SSSR count). The highest BCUT2D eigenvalue weighted by atomic mass is 16.5. The topological polar surface area (TPSA) is 137 Å². The highest BCUT2D eigenvalue weighted by Gasteiger charge is 2.73. The molecule has 3 heterocycles. The number of aromatic nitrogens is 2. The average molecular weight is 493 g/mol. The molecule has 2 aromatic rings. The fourth-order valence-electron chi connectivity index (χ4n) is 7.08. The Bertz CT molecular complexity index is 1330. The molecule has 10 nitrogen and oxygen atoms in total. The first-order valence-electron chi connectivity index (χ1n) is 12.4. The summed E-state index contributed by atoms with van der Waals surface area (Å²) >= 11 is 0. The second-order valence-electron chi connectivity index (χ2n) is 10.7. The number of phenols is 1. The molecule has 36 heavy (non-hydrogen) atoms. The van der Waals surface area contributed by atoms with E-state index in [1.54, 1.807) is 6.07 Å². The van der Waals surface area contributed by atoms with Crippen LogP contribution in [0.15, 0.2) is 35.9 Å². The van der Waals surface area contributed by atoms with Gasteiger partial charge >= 0.3 is 0 Å². The van der Waals surface area contributed by atoms with Crippen molar-refractivity contribution in [1.82, 2.24) is 14.9 Å². The maximum atomic E-state index is 13.5. The SMILES string of the molecule is COc1cc(NC(=O)C2=C(O)C3Oc4c(O)ccc5c4[C@@]34CCN(CC3CC3)[C@H](C5)[C@]4(O)C2)ncn1. The van der Waals surface area contributed by atoms with Crippen molar-refractivity contribution in [3.05, 3.63) is 47.0 Å². The van der Waals surface area contributed by atoms with Gasteiger partial charge < -0.3 is 30.1 Å². The van der Waals surface area contributed by atoms with Gasteiger partial charge in [-0.3, -0.25) is 9.69 Å². The Kier molecular flexibility index (Phi) is 4.45. The number of rotatable bonds is 5. The third-order valence-electron chi connectivity index (χ3n) is 8.88. The molecule has 1 unspecified atom stereocenters. The van der Waals surface area contributed by atoms with Gasteiger partial charge in [-0.05, 0) is 49.8 Å². The van der Waals surface area contributed by atoms with Crippen molar-refractivity contribution in [2.24, 2.45) is 5.92 Å². The van der Waals surface area contributed by atoms with E-state index < -0.39 is 23.0 Å². The number of nitrogens with zero attached hydrogens (tertiary/aromatic N) is 3. The minimum Gasteiger partial charge on any atom is -0.508 e. The number of hydrogen-bond acceptors (Lipinski definition) is 9. The molecule has 2 aliphatic heterocycles. The maximum Gasteiger partial charge on any atom is 0.256 e. The molecule has 4 atom stereocenters. The molecular formula is C26H28N4O6. The molecule has 5 aliphatic rings. The molecule has 10 heteroatoms. The number of carbonyl (C=O) groups excluding carboxylic acids is 1. The van der Waals surface area contributed by atoms with Crippen molar-refractivity contribution in [3.63, 3.8) is 0 Å². The number of aliphatic hydroxyl groups excluding tert-OH is 1. The van der Waals surface area contributed by atoms with Gasteiger partial charge in [-0.15, -0.1) is 0 Å². The number of anilines is 1. The summed E-state index contributed by atoms with van der Waals surface area (Å²) in [6.45, 7) is 1.67. The minimum absolute atomic E-state index is 0.0226. The fourth-order valence-corrected chi connectivity index (χ4v) is 7.08. The van der Waals surface area contributed by atoms with E-state index in [1.807, 2.05) is 6.07 Å². The number of likely N-dealkylation sites (tertiary alicyclic amines) is 1. The number of amides is 1. The van der Waals surface area contributed by atoms with Crippen LogP contribution in [0.4, 0.5) is 5.82 Å². The van der Waals surface area contributed by atoms with Gasteiger partial charge in [0.15, 0.2) is 17.6 Å². The standard InChI is InChI=1S/C26H28N4O6/c1-35-19-9-18(27-12-28-19)29-24(33)15-10-26(34)17-8-14-4-5-16(31)22-20(14)25(26,23(36-22)21(15)32)6-7-30(17)11-13-2-3-13/h4-5,9,12-13,17,23,31-32,34H,2-3,6-8,10-11H2,1H3,(H,27,28,29,33)/t17-,23?,25+,26-/m1/s1. The fraction of sp³-hybridized carbons (Fsp3) is 0.500. The lowest BCUT2D eigenvalue weighted by molar-refractivity contribution is -0.172. The summed E-state index contributed by atoms with van der Waals surface area (Å²) in [6.07, 6.45) is 3.81. The van der Waals surface area contributed by atoms with E-state index in [9.17, 15) is 20.1 Å². The lowest BCUT2D eigenvalue weighted by Crippen LogP contribution is -2.75. The van der Waals surface area contributed by atoms with Gasteiger partial charge in [0, 0.05) is 30.6 Å². The second kappa shape index (κ2) is 7.33. The van der Waals surface area contributed by atoms with Gasteiger partial charge in [0.2, 0.25) is 5.88 Å². The number of phenolic OH excluding ortho intramolecular Hbond substituents is 1. The maximum absolute atomic E-state index is 13.5. The largest absolute Gasteiger partial charge is 0.508 e. The molecular weight excluding hydrogens is 464 g/mol. The van der Waals surface area contributed by atoms with Crippen molar-refractivity contribution in [3.8, 4) is 17.4 Å². The molecule has 1 spiro atoms. The Balaban J connectivity index is 1.34. The van der Waals surface area contributed by atoms with Gasteiger partial charge in [-0.2, -0.15) is 0 Å². The lowest BCUT2D eigenvalue weighted by atomic mass is 9.49. The average Bonchev–Trinajstić information content (AvgIpc) is 3.61. The summed E-state index contributed by atoms with van der Waals surface area (Å²) in [6, 6.07) is 4.76. The Morgan fingerprint density at radius 2 is 2.14 bits per heavy atom. The van der Waals surface area contributed by atoms with Gasteiger partial charge in [0.05, 0.1) is 23.7 Å². The van der Waals surface area contributed by atoms with Crippen LogP contribution in [0, 0.1) is 5.92 Å². The molecule has 1 saturated carbocycles. The van der Waals surface area contributed by atoms with Crippen molar-refractivity contribution >= 4 is 11.7 Å². The van der Waals surface area contributed by atoms with E-state index in [0.717, 1.165) is 24.2 Å². The van der Waals surface area contributed by atoms with Crippen LogP contribution >= 0.6 is 0 Å². The molecule has 0 radical (unpaired) electrons. The molecule has 3 aliphatic carbocycles. The van der Waals surface area contributed by atoms with E-state index in [-0.39, 0.29) is 41.2 Å². The van der Waals surface area contributed by atoms with Crippen LogP contribution in [0.5, 0.6) is 17.4 Å². The monoisotopic (exact) mass is 492 g/mol. The molecule has 1 aromatic carbocycles. The molecule has 1 saturated heterocycles. The molecule has 2 fully saturated rings. The molecule has 4 N–H and O–H groups in total. The zero-order valence-electron chi connectivity index (χ0n) is 19.9. The zero-order valence-corrected chi connectivity index (χ0v) is 19.9. The Morgan fingerprint density at radius 1 is 1.31 bits per heavy atom. The third kappa shape index (κ3) is 2.76. The van der Waals surface area contributed by atoms with Crippen LogP contribution in [0.25, 0.3) is 0 Å². The Hall–Kier alpha value is -3.37. The number of benzene rings is 1. The van der Waals surface area contributed by atoms with Gasteiger partial charge in [-0.25, -0.2) is 9.97 Å². The van der Waals surface area contributed by atoms with Crippen LogP contribution < -0.4 is 14.8 Å². The molecule has 1 aromatic heterocycles. The van der Waals surface area contributed by atoms with Crippen LogP contribution in [-0.4, -0.2) is 74.0 Å². The number of piperidine rings is 1. The van der Waals surface area contributed by atoms with Crippen LogP contribution in [-0.2, 0) is 16.6 Å². The predicted octanol–water partition coefficient (Wildman–Crippen LogP) is 1.82. The normalized spacial score (nSPS) is 32.1. The number of nitrogens with one attached hydrogen (secondary N) is 1. The second-order valence-corrected chi connectivity index (χ2v) is 10.7. The summed E-state index contributed by atoms with van der Waals surface area (Å²) in [5, 5.41) is 37.4. The quantitative estimate of drug-likeness (QED) is 0.492. The number of aliphatic hydroxyl groups is 2. The minimum atomic E-state index is -1.36. The first-order chi connectivity index (χ1) is 17.4. The summed E-state index contributed by atoms with van der Waals surface area (Å²) < 4.78 is 11.3. The lowest BCUT2D eigenvalue weighted by Gasteiger charge is -2.62. The number of hydrogen-bond donors (Lipinski definition) is 4. The Labute approximate surface area is 207 Å². The third-order valence-corrected chi connectivity index (χ3v) is 8.88. The van der Waals surface area contributed by atoms with E-state index in [4.69, 9.17) is 9.47 Å². The van der Waals surface area contributed by atoms with Crippen molar-refractivity contribution in [2.45, 2.75) is 55.3 Å². The van der Waals surface area contributed by atoms with E-state index in [0.29, 0.717) is 24.5 Å². The number of methoxy groups -OCH3 is 1. The number of aromatic hydroxyl groups is 1.